The zero-order valence-electron chi connectivity index (χ0n) is 12.2. The molecule has 108 valence electrons. The van der Waals surface area contributed by atoms with Crippen LogP contribution in [0.4, 0.5) is 0 Å². The van der Waals surface area contributed by atoms with E-state index >= 15 is 0 Å². The topological polar surface area (TPSA) is 64.8 Å². The van der Waals surface area contributed by atoms with E-state index in [0.717, 1.165) is 16.7 Å². The summed E-state index contributed by atoms with van der Waals surface area (Å²) < 4.78 is 26.7. The van der Waals surface area contributed by atoms with Gasteiger partial charge in [-0.15, -0.1) is 10.2 Å². The Hall–Kier alpha value is -1.69. The Bertz CT molecular complexity index is 733. The van der Waals surface area contributed by atoms with E-state index in [4.69, 9.17) is 0 Å². The van der Waals surface area contributed by atoms with Crippen LogP contribution in [0.2, 0.25) is 0 Å². The molecule has 1 heterocycles. The number of nitrogens with zero attached hydrogens (tertiary/aromatic N) is 3. The van der Waals surface area contributed by atoms with Crippen LogP contribution in [0, 0.1) is 20.8 Å². The summed E-state index contributed by atoms with van der Waals surface area (Å²) in [5.74, 6) is 0.575. The number of hydrogen-bond donors (Lipinski definition) is 0. The van der Waals surface area contributed by atoms with Gasteiger partial charge in [-0.1, -0.05) is 23.8 Å². The predicted molar refractivity (Wildman–Crippen MR) is 77.2 cm³/mol. The van der Waals surface area contributed by atoms with Crippen LogP contribution < -0.4 is 0 Å². The van der Waals surface area contributed by atoms with Crippen molar-refractivity contribution in [3.8, 4) is 0 Å². The summed E-state index contributed by atoms with van der Waals surface area (Å²) in [7, 11) is -3.49. The standard InChI is InChI=1S/C14H19N3O2S/c1-5-17-12(4)15-16-14(17)20(18,19)9-13-8-10(2)6-7-11(13)3/h6-8H,5,9H2,1-4H3. The van der Waals surface area contributed by atoms with E-state index in [-0.39, 0.29) is 10.9 Å². The Morgan fingerprint density at radius 2 is 1.85 bits per heavy atom. The van der Waals surface area contributed by atoms with Crippen LogP contribution in [0.5, 0.6) is 0 Å². The van der Waals surface area contributed by atoms with Crippen molar-refractivity contribution in [2.24, 2.45) is 0 Å². The third-order valence-electron chi connectivity index (χ3n) is 3.35. The van der Waals surface area contributed by atoms with Gasteiger partial charge in [-0.05, 0) is 38.8 Å². The van der Waals surface area contributed by atoms with Gasteiger partial charge in [-0.25, -0.2) is 8.42 Å². The van der Waals surface area contributed by atoms with Crippen LogP contribution in [0.25, 0.3) is 0 Å². The molecule has 0 saturated heterocycles. The molecule has 0 spiro atoms. The maximum Gasteiger partial charge on any atom is 0.250 e. The fourth-order valence-corrected chi connectivity index (χ4v) is 3.79. The van der Waals surface area contributed by atoms with Crippen LogP contribution in [0.1, 0.15) is 29.4 Å². The molecule has 0 fully saturated rings. The van der Waals surface area contributed by atoms with Crippen LogP contribution in [-0.2, 0) is 22.1 Å². The summed E-state index contributed by atoms with van der Waals surface area (Å²) in [4.78, 5) is 0. The highest BCUT2D eigenvalue weighted by atomic mass is 32.2. The molecule has 0 N–H and O–H groups in total. The molecule has 0 radical (unpaired) electrons. The molecular weight excluding hydrogens is 274 g/mol. The summed E-state index contributed by atoms with van der Waals surface area (Å²) in [6.45, 7) is 8.05. The lowest BCUT2D eigenvalue weighted by Crippen LogP contribution is -2.14. The molecule has 2 aromatic rings. The second kappa shape index (κ2) is 5.36. The molecule has 0 bridgehead atoms. The lowest BCUT2D eigenvalue weighted by molar-refractivity contribution is 0.564. The molecule has 5 nitrogen and oxygen atoms in total. The highest BCUT2D eigenvalue weighted by molar-refractivity contribution is 7.90. The average Bonchev–Trinajstić information content (AvgIpc) is 2.75. The number of rotatable bonds is 4. The molecule has 0 amide bonds. The Balaban J connectivity index is 2.43. The Morgan fingerprint density at radius 3 is 2.50 bits per heavy atom. The quantitative estimate of drug-likeness (QED) is 0.867. The largest absolute Gasteiger partial charge is 0.302 e. The molecule has 6 heteroatoms. The Kier molecular flexibility index (Phi) is 3.94. The van der Waals surface area contributed by atoms with Crippen LogP contribution >= 0.6 is 0 Å². The first-order chi connectivity index (χ1) is 9.35. The minimum Gasteiger partial charge on any atom is -0.302 e. The number of aromatic nitrogens is 3. The first-order valence-electron chi connectivity index (χ1n) is 6.54. The smallest absolute Gasteiger partial charge is 0.250 e. The van der Waals surface area contributed by atoms with Crippen LogP contribution in [0.3, 0.4) is 0 Å². The van der Waals surface area contributed by atoms with Gasteiger partial charge >= 0.3 is 0 Å². The van der Waals surface area contributed by atoms with E-state index in [2.05, 4.69) is 10.2 Å². The van der Waals surface area contributed by atoms with Crippen molar-refractivity contribution in [3.05, 3.63) is 40.7 Å². The average molecular weight is 293 g/mol. The maximum atomic E-state index is 12.5. The summed E-state index contributed by atoms with van der Waals surface area (Å²) in [6, 6.07) is 5.83. The Labute approximate surface area is 119 Å². The molecule has 0 aliphatic heterocycles. The lowest BCUT2D eigenvalue weighted by atomic mass is 10.1. The SMILES string of the molecule is CCn1c(C)nnc1S(=O)(=O)Cc1cc(C)ccc1C. The van der Waals surface area contributed by atoms with Gasteiger partial charge in [0.15, 0.2) is 0 Å². The summed E-state index contributed by atoms with van der Waals surface area (Å²) in [5.41, 5.74) is 2.83. The van der Waals surface area contributed by atoms with Crippen molar-refractivity contribution in [1.82, 2.24) is 14.8 Å². The molecule has 0 saturated carbocycles. The fraction of sp³-hybridized carbons (Fsp3) is 0.429. The van der Waals surface area contributed by atoms with E-state index < -0.39 is 9.84 Å². The summed E-state index contributed by atoms with van der Waals surface area (Å²) >= 11 is 0. The third-order valence-corrected chi connectivity index (χ3v) is 4.90. The van der Waals surface area contributed by atoms with Gasteiger partial charge in [0.2, 0.25) is 15.0 Å². The zero-order valence-corrected chi connectivity index (χ0v) is 13.0. The first kappa shape index (κ1) is 14.7. The first-order valence-corrected chi connectivity index (χ1v) is 8.19. The molecule has 0 unspecified atom stereocenters. The second-order valence-corrected chi connectivity index (χ2v) is 6.85. The minimum absolute atomic E-state index is 0.0430. The molecule has 2 rings (SSSR count). The highest BCUT2D eigenvalue weighted by Gasteiger charge is 2.24. The van der Waals surface area contributed by atoms with Crippen LogP contribution in [-0.4, -0.2) is 23.2 Å². The highest BCUT2D eigenvalue weighted by Crippen LogP contribution is 2.19. The monoisotopic (exact) mass is 293 g/mol. The van der Waals surface area contributed by atoms with E-state index in [1.807, 2.05) is 39.0 Å². The van der Waals surface area contributed by atoms with Gasteiger partial charge in [-0.2, -0.15) is 0 Å². The van der Waals surface area contributed by atoms with Gasteiger partial charge in [0.25, 0.3) is 0 Å². The van der Waals surface area contributed by atoms with Gasteiger partial charge in [0.1, 0.15) is 5.82 Å². The van der Waals surface area contributed by atoms with Gasteiger partial charge in [-0.3, -0.25) is 0 Å². The molecule has 0 aliphatic carbocycles. The molecule has 20 heavy (non-hydrogen) atoms. The maximum absolute atomic E-state index is 12.5. The molecule has 0 atom stereocenters. The predicted octanol–water partition coefficient (Wildman–Crippen LogP) is 2.20. The number of benzene rings is 1. The lowest BCUT2D eigenvalue weighted by Gasteiger charge is -2.09. The fourth-order valence-electron chi connectivity index (χ4n) is 2.18. The van der Waals surface area contributed by atoms with E-state index in [0.29, 0.717) is 12.4 Å². The van der Waals surface area contributed by atoms with Crippen molar-refractivity contribution in [2.45, 2.75) is 45.1 Å². The number of aryl methyl sites for hydroxylation is 3. The van der Waals surface area contributed by atoms with Crippen molar-refractivity contribution >= 4 is 9.84 Å². The molecule has 1 aromatic carbocycles. The zero-order chi connectivity index (χ0) is 14.9. The van der Waals surface area contributed by atoms with Crippen LogP contribution in [0.15, 0.2) is 23.4 Å². The van der Waals surface area contributed by atoms with E-state index in [9.17, 15) is 8.42 Å². The summed E-state index contributed by atoms with van der Waals surface area (Å²) in [5, 5.41) is 7.75. The van der Waals surface area contributed by atoms with Crippen molar-refractivity contribution in [3.63, 3.8) is 0 Å². The molecule has 1 aromatic heterocycles. The van der Waals surface area contributed by atoms with Crippen molar-refractivity contribution < 1.29 is 8.42 Å². The minimum atomic E-state index is -3.49. The van der Waals surface area contributed by atoms with Crippen molar-refractivity contribution in [1.29, 1.82) is 0 Å². The van der Waals surface area contributed by atoms with Gasteiger partial charge < -0.3 is 4.57 Å². The van der Waals surface area contributed by atoms with Gasteiger partial charge in [0.05, 0.1) is 5.75 Å². The van der Waals surface area contributed by atoms with E-state index in [1.54, 1.807) is 11.5 Å². The third kappa shape index (κ3) is 2.75. The second-order valence-electron chi connectivity index (χ2n) is 4.96. The van der Waals surface area contributed by atoms with E-state index in [1.165, 1.54) is 0 Å². The normalized spacial score (nSPS) is 11.8. The molecular formula is C14H19N3O2S. The molecule has 0 aliphatic rings. The number of sulfone groups is 1. The van der Waals surface area contributed by atoms with Gasteiger partial charge in [0, 0.05) is 6.54 Å². The summed E-state index contributed by atoms with van der Waals surface area (Å²) in [6.07, 6.45) is 0. The Morgan fingerprint density at radius 1 is 1.15 bits per heavy atom. The van der Waals surface area contributed by atoms with Crippen molar-refractivity contribution in [2.75, 3.05) is 0 Å². The number of hydrogen-bond acceptors (Lipinski definition) is 4.